The van der Waals surface area contributed by atoms with Crippen LogP contribution in [-0.4, -0.2) is 9.81 Å². The van der Waals surface area contributed by atoms with Gasteiger partial charge in [-0.2, -0.15) is 0 Å². The molecule has 0 amide bonds. The van der Waals surface area contributed by atoms with E-state index in [4.69, 9.17) is 11.6 Å². The van der Waals surface area contributed by atoms with Crippen LogP contribution in [0.3, 0.4) is 0 Å². The molecule has 1 heterocycles. The molecule has 4 heteroatoms. The maximum Gasteiger partial charge on any atom is 0.254 e. The molecule has 0 aliphatic rings. The lowest BCUT2D eigenvalue weighted by molar-refractivity contribution is -0.111. The lowest BCUT2D eigenvalue weighted by Crippen LogP contribution is -2.28. The molecule has 0 saturated carbocycles. The molecular weight excluding hydrogens is 250 g/mol. The van der Waals surface area contributed by atoms with Crippen molar-refractivity contribution in [3.8, 4) is 0 Å². The number of nitrogens with zero attached hydrogens (tertiary/aromatic N) is 1. The van der Waals surface area contributed by atoms with Crippen LogP contribution in [0.2, 0.25) is 0 Å². The second-order valence-electron chi connectivity index (χ2n) is 5.06. The minimum absolute atomic E-state index is 0.00545. The molecule has 0 saturated heterocycles. The molecule has 1 rings (SSSR count). The minimum atomic E-state index is -0.404. The van der Waals surface area contributed by atoms with Crippen molar-refractivity contribution in [1.29, 1.82) is 0 Å². The van der Waals surface area contributed by atoms with Crippen molar-refractivity contribution < 1.29 is 4.79 Å². The Morgan fingerprint density at radius 1 is 1.28 bits per heavy atom. The first-order valence-electron chi connectivity index (χ1n) is 6.27. The van der Waals surface area contributed by atoms with E-state index >= 15 is 0 Å². The lowest BCUT2D eigenvalue weighted by atomic mass is 10.0. The summed E-state index contributed by atoms with van der Waals surface area (Å²) in [5.41, 5.74) is 1.67. The fraction of sp³-hybridized carbons (Fsp3) is 0.571. The Morgan fingerprint density at radius 2 is 1.89 bits per heavy atom. The minimum Gasteiger partial charge on any atom is -0.310 e. The Kier molecular flexibility index (Phi) is 5.15. The number of hydrogen-bond acceptors (Lipinski definition) is 2. The van der Waals surface area contributed by atoms with E-state index < -0.39 is 5.24 Å². The third kappa shape index (κ3) is 3.45. The lowest BCUT2D eigenvalue weighted by Gasteiger charge is -2.20. The summed E-state index contributed by atoms with van der Waals surface area (Å²) in [6, 6.07) is 3.90. The fourth-order valence-electron chi connectivity index (χ4n) is 2.04. The number of hydrogen-bond donors (Lipinski definition) is 0. The fourth-order valence-corrected chi connectivity index (χ4v) is 2.13. The molecule has 0 N–H and O–H groups in total. The van der Waals surface area contributed by atoms with Crippen LogP contribution < -0.4 is 5.56 Å². The molecule has 0 bridgehead atoms. The molecule has 0 aliphatic heterocycles. The molecule has 0 fully saturated rings. The zero-order valence-corrected chi connectivity index (χ0v) is 12.1. The number of pyridine rings is 1. The highest BCUT2D eigenvalue weighted by Crippen LogP contribution is 2.17. The highest BCUT2D eigenvalue weighted by Gasteiger charge is 2.14. The van der Waals surface area contributed by atoms with Crippen LogP contribution >= 0.6 is 11.6 Å². The van der Waals surface area contributed by atoms with E-state index in [0.717, 1.165) is 5.69 Å². The van der Waals surface area contributed by atoms with E-state index in [2.05, 4.69) is 13.8 Å². The third-order valence-electron chi connectivity index (χ3n) is 2.93. The molecule has 0 spiro atoms. The summed E-state index contributed by atoms with van der Waals surface area (Å²) >= 11 is 5.32. The molecule has 0 atom stereocenters. The molecule has 0 radical (unpaired) electrons. The van der Waals surface area contributed by atoms with Crippen LogP contribution in [0.25, 0.3) is 0 Å². The summed E-state index contributed by atoms with van der Waals surface area (Å²) in [5, 5.41) is -0.404. The van der Waals surface area contributed by atoms with Crippen molar-refractivity contribution in [2.75, 3.05) is 0 Å². The number of aryl methyl sites for hydroxylation is 1. The molecule has 100 valence electrons. The predicted molar refractivity (Wildman–Crippen MR) is 74.4 cm³/mol. The Bertz CT molecular complexity index is 489. The van der Waals surface area contributed by atoms with Crippen molar-refractivity contribution in [2.24, 2.45) is 0 Å². The third-order valence-corrected chi connectivity index (χ3v) is 3.11. The SMILES string of the molecule is CC(C)c1ccc(CCC(=O)Cl)c(=O)n1C(C)C. The van der Waals surface area contributed by atoms with Gasteiger partial charge in [0.25, 0.3) is 5.56 Å². The zero-order valence-electron chi connectivity index (χ0n) is 11.4. The van der Waals surface area contributed by atoms with Gasteiger partial charge >= 0.3 is 0 Å². The Hall–Kier alpha value is -1.09. The van der Waals surface area contributed by atoms with Gasteiger partial charge in [-0.25, -0.2) is 0 Å². The van der Waals surface area contributed by atoms with Gasteiger partial charge < -0.3 is 4.57 Å². The Morgan fingerprint density at radius 3 is 2.33 bits per heavy atom. The van der Waals surface area contributed by atoms with Crippen LogP contribution in [0.1, 0.15) is 57.3 Å². The first kappa shape index (κ1) is 15.0. The topological polar surface area (TPSA) is 39.1 Å². The van der Waals surface area contributed by atoms with Crippen molar-refractivity contribution in [2.45, 2.75) is 52.5 Å². The van der Waals surface area contributed by atoms with Crippen molar-refractivity contribution in [3.63, 3.8) is 0 Å². The van der Waals surface area contributed by atoms with E-state index in [0.29, 0.717) is 17.9 Å². The molecule has 0 aromatic carbocycles. The summed E-state index contributed by atoms with van der Waals surface area (Å²) in [7, 11) is 0. The second kappa shape index (κ2) is 6.19. The van der Waals surface area contributed by atoms with Crippen LogP contribution in [0, 0.1) is 0 Å². The molecule has 1 aromatic heterocycles. The van der Waals surface area contributed by atoms with Gasteiger partial charge in [0.05, 0.1) is 0 Å². The Balaban J connectivity index is 3.22. The van der Waals surface area contributed by atoms with Gasteiger partial charge in [0.1, 0.15) is 0 Å². The largest absolute Gasteiger partial charge is 0.310 e. The number of carbonyl (C=O) groups is 1. The smallest absolute Gasteiger partial charge is 0.254 e. The average molecular weight is 270 g/mol. The highest BCUT2D eigenvalue weighted by atomic mass is 35.5. The number of carbonyl (C=O) groups excluding carboxylic acids is 1. The molecule has 18 heavy (non-hydrogen) atoms. The quantitative estimate of drug-likeness (QED) is 0.770. The van der Waals surface area contributed by atoms with Crippen molar-refractivity contribution in [1.82, 2.24) is 4.57 Å². The van der Waals surface area contributed by atoms with E-state index in [9.17, 15) is 9.59 Å². The first-order chi connectivity index (χ1) is 8.34. The van der Waals surface area contributed by atoms with E-state index in [-0.39, 0.29) is 18.0 Å². The van der Waals surface area contributed by atoms with Gasteiger partial charge in [-0.05, 0) is 43.9 Å². The first-order valence-corrected chi connectivity index (χ1v) is 6.65. The number of aromatic nitrogens is 1. The summed E-state index contributed by atoms with van der Waals surface area (Å²) in [4.78, 5) is 23.1. The zero-order chi connectivity index (χ0) is 13.9. The summed E-state index contributed by atoms with van der Waals surface area (Å²) in [6.45, 7) is 8.11. The van der Waals surface area contributed by atoms with Crippen LogP contribution in [0.4, 0.5) is 0 Å². The average Bonchev–Trinajstić information content (AvgIpc) is 2.25. The maximum atomic E-state index is 12.4. The monoisotopic (exact) mass is 269 g/mol. The number of halogens is 1. The highest BCUT2D eigenvalue weighted by molar-refractivity contribution is 6.63. The molecule has 0 aliphatic carbocycles. The summed E-state index contributed by atoms with van der Waals surface area (Å²) in [5.74, 6) is 0.295. The van der Waals surface area contributed by atoms with E-state index in [1.807, 2.05) is 26.0 Å². The van der Waals surface area contributed by atoms with Crippen LogP contribution in [0.15, 0.2) is 16.9 Å². The van der Waals surface area contributed by atoms with E-state index in [1.165, 1.54) is 0 Å². The summed E-state index contributed by atoms with van der Waals surface area (Å²) < 4.78 is 1.80. The van der Waals surface area contributed by atoms with Gasteiger partial charge in [0.2, 0.25) is 5.24 Å². The maximum absolute atomic E-state index is 12.4. The van der Waals surface area contributed by atoms with Gasteiger partial charge in [-0.3, -0.25) is 9.59 Å². The van der Waals surface area contributed by atoms with Crippen molar-refractivity contribution in [3.05, 3.63) is 33.7 Å². The van der Waals surface area contributed by atoms with Crippen LogP contribution in [0.5, 0.6) is 0 Å². The van der Waals surface area contributed by atoms with Gasteiger partial charge in [0, 0.05) is 23.7 Å². The predicted octanol–water partition coefficient (Wildman–Crippen LogP) is 3.25. The summed E-state index contributed by atoms with van der Waals surface area (Å²) in [6.07, 6.45) is 0.613. The van der Waals surface area contributed by atoms with Gasteiger partial charge in [0.15, 0.2) is 0 Å². The molecule has 3 nitrogen and oxygen atoms in total. The standard InChI is InChI=1S/C14H20ClNO2/c1-9(2)12-7-5-11(6-8-13(15)17)14(18)16(12)10(3)4/h5,7,9-10H,6,8H2,1-4H3. The molecule has 1 aromatic rings. The van der Waals surface area contributed by atoms with Gasteiger partial charge in [-0.15, -0.1) is 0 Å². The van der Waals surface area contributed by atoms with Crippen LogP contribution in [-0.2, 0) is 11.2 Å². The normalized spacial score (nSPS) is 11.3. The van der Waals surface area contributed by atoms with Gasteiger partial charge in [-0.1, -0.05) is 19.9 Å². The van der Waals surface area contributed by atoms with Crippen molar-refractivity contribution >= 4 is 16.8 Å². The molecule has 0 unspecified atom stereocenters. The van der Waals surface area contributed by atoms with E-state index in [1.54, 1.807) is 4.57 Å². The molecular formula is C14H20ClNO2. The Labute approximate surface area is 113 Å². The number of rotatable bonds is 5. The second-order valence-corrected chi connectivity index (χ2v) is 5.48.